The standard InChI is InChI=1S/C21H24N4O2S/c1-14-11-12-19(15(2)13-14)28(26,27)25-21-20(22-16-7-3-4-8-16)23-17-9-5-6-10-18(17)24-21/h5-6,9-13,16H,3-4,7-8H2,1-2H3,(H,22,23)(H,24,25). The van der Waals surface area contributed by atoms with Gasteiger partial charge in [0, 0.05) is 6.04 Å². The molecule has 1 heterocycles. The largest absolute Gasteiger partial charge is 0.364 e. The maximum absolute atomic E-state index is 13.1. The first kappa shape index (κ1) is 18.7. The van der Waals surface area contributed by atoms with Crippen LogP contribution in [0.2, 0.25) is 0 Å². The van der Waals surface area contributed by atoms with Crippen molar-refractivity contribution in [1.82, 2.24) is 9.97 Å². The van der Waals surface area contributed by atoms with E-state index in [0.29, 0.717) is 22.9 Å². The van der Waals surface area contributed by atoms with Crippen LogP contribution < -0.4 is 10.0 Å². The van der Waals surface area contributed by atoms with E-state index >= 15 is 0 Å². The molecule has 1 saturated carbocycles. The molecule has 0 bridgehead atoms. The summed E-state index contributed by atoms with van der Waals surface area (Å²) in [7, 11) is -3.78. The second-order valence-electron chi connectivity index (χ2n) is 7.41. The molecule has 0 saturated heterocycles. The molecule has 1 aromatic heterocycles. The Morgan fingerprint density at radius 3 is 2.21 bits per heavy atom. The van der Waals surface area contributed by atoms with Gasteiger partial charge >= 0.3 is 0 Å². The molecule has 2 aromatic carbocycles. The van der Waals surface area contributed by atoms with E-state index in [1.54, 1.807) is 19.1 Å². The third-order valence-corrected chi connectivity index (χ3v) is 6.62. The Balaban J connectivity index is 1.75. The minimum atomic E-state index is -3.78. The van der Waals surface area contributed by atoms with Crippen molar-refractivity contribution in [3.8, 4) is 0 Å². The average molecular weight is 397 g/mol. The third-order valence-electron chi connectivity index (χ3n) is 5.12. The smallest absolute Gasteiger partial charge is 0.263 e. The second kappa shape index (κ2) is 7.39. The molecule has 0 spiro atoms. The number of aromatic nitrogens is 2. The number of nitrogens with zero attached hydrogens (tertiary/aromatic N) is 2. The fraction of sp³-hybridized carbons (Fsp3) is 0.333. The molecule has 0 radical (unpaired) electrons. The van der Waals surface area contributed by atoms with Crippen molar-refractivity contribution >= 4 is 32.7 Å². The Labute approximate surface area is 165 Å². The Hall–Kier alpha value is -2.67. The van der Waals surface area contributed by atoms with E-state index in [9.17, 15) is 8.42 Å². The van der Waals surface area contributed by atoms with E-state index in [0.717, 1.165) is 23.9 Å². The Bertz CT molecular complexity index is 1120. The van der Waals surface area contributed by atoms with E-state index in [-0.39, 0.29) is 10.7 Å². The lowest BCUT2D eigenvalue weighted by Crippen LogP contribution is -2.21. The predicted molar refractivity (Wildman–Crippen MR) is 112 cm³/mol. The minimum absolute atomic E-state index is 0.241. The number of hydrogen-bond donors (Lipinski definition) is 2. The van der Waals surface area contributed by atoms with Crippen molar-refractivity contribution in [2.75, 3.05) is 10.0 Å². The number of sulfonamides is 1. The van der Waals surface area contributed by atoms with Gasteiger partial charge in [0.05, 0.1) is 15.9 Å². The molecule has 7 heteroatoms. The lowest BCUT2D eigenvalue weighted by molar-refractivity contribution is 0.600. The zero-order valence-electron chi connectivity index (χ0n) is 16.1. The van der Waals surface area contributed by atoms with E-state index in [2.05, 4.69) is 20.0 Å². The summed E-state index contributed by atoms with van der Waals surface area (Å²) in [4.78, 5) is 9.46. The molecule has 0 aliphatic heterocycles. The minimum Gasteiger partial charge on any atom is -0.364 e. The van der Waals surface area contributed by atoms with Crippen LogP contribution in [0.3, 0.4) is 0 Å². The molecule has 0 atom stereocenters. The summed E-state index contributed by atoms with van der Waals surface area (Å²) >= 11 is 0. The van der Waals surface area contributed by atoms with Crippen molar-refractivity contribution in [3.63, 3.8) is 0 Å². The van der Waals surface area contributed by atoms with Crippen LogP contribution in [0, 0.1) is 13.8 Å². The summed E-state index contributed by atoms with van der Waals surface area (Å²) in [6, 6.07) is 13.1. The predicted octanol–water partition coefficient (Wildman–Crippen LogP) is 4.40. The molecular weight excluding hydrogens is 372 g/mol. The number of aryl methyl sites for hydroxylation is 2. The van der Waals surface area contributed by atoms with Crippen LogP contribution in [0.15, 0.2) is 47.4 Å². The number of benzene rings is 2. The van der Waals surface area contributed by atoms with Crippen LogP contribution >= 0.6 is 0 Å². The highest BCUT2D eigenvalue weighted by molar-refractivity contribution is 7.92. The van der Waals surface area contributed by atoms with Gasteiger partial charge in [-0.25, -0.2) is 18.4 Å². The van der Waals surface area contributed by atoms with E-state index < -0.39 is 10.0 Å². The second-order valence-corrected chi connectivity index (χ2v) is 9.06. The van der Waals surface area contributed by atoms with Crippen LogP contribution in [-0.2, 0) is 10.0 Å². The highest BCUT2D eigenvalue weighted by atomic mass is 32.2. The SMILES string of the molecule is Cc1ccc(S(=O)(=O)Nc2nc3ccccc3nc2NC2CCCC2)c(C)c1. The monoisotopic (exact) mass is 396 g/mol. The van der Waals surface area contributed by atoms with Crippen LogP contribution in [-0.4, -0.2) is 24.4 Å². The van der Waals surface area contributed by atoms with E-state index in [1.165, 1.54) is 12.8 Å². The molecule has 4 rings (SSSR count). The molecule has 1 fully saturated rings. The van der Waals surface area contributed by atoms with Gasteiger partial charge < -0.3 is 5.32 Å². The molecule has 0 amide bonds. The topological polar surface area (TPSA) is 84.0 Å². The van der Waals surface area contributed by atoms with Crippen LogP contribution in [0.4, 0.5) is 11.6 Å². The summed E-state index contributed by atoms with van der Waals surface area (Å²) in [5.74, 6) is 0.726. The Morgan fingerprint density at radius 2 is 1.57 bits per heavy atom. The maximum Gasteiger partial charge on any atom is 0.263 e. The van der Waals surface area contributed by atoms with Crippen molar-refractivity contribution < 1.29 is 8.42 Å². The normalized spacial score (nSPS) is 15.1. The Kier molecular flexibility index (Phi) is 4.93. The fourth-order valence-electron chi connectivity index (χ4n) is 3.72. The van der Waals surface area contributed by atoms with Crippen LogP contribution in [0.1, 0.15) is 36.8 Å². The summed E-state index contributed by atoms with van der Waals surface area (Å²) in [5.41, 5.74) is 3.10. The zero-order chi connectivity index (χ0) is 19.7. The first-order valence-corrected chi connectivity index (χ1v) is 11.0. The van der Waals surface area contributed by atoms with Gasteiger partial charge in [-0.1, -0.05) is 42.7 Å². The van der Waals surface area contributed by atoms with Gasteiger partial charge in [0.1, 0.15) is 0 Å². The van der Waals surface area contributed by atoms with Gasteiger partial charge in [0.2, 0.25) is 0 Å². The zero-order valence-corrected chi connectivity index (χ0v) is 16.9. The van der Waals surface area contributed by atoms with Gasteiger partial charge in [-0.05, 0) is 50.5 Å². The molecule has 6 nitrogen and oxygen atoms in total. The quantitative estimate of drug-likeness (QED) is 0.668. The molecule has 146 valence electrons. The highest BCUT2D eigenvalue weighted by Crippen LogP contribution is 2.29. The van der Waals surface area contributed by atoms with Crippen molar-refractivity contribution in [2.24, 2.45) is 0 Å². The fourth-order valence-corrected chi connectivity index (χ4v) is 4.96. The highest BCUT2D eigenvalue weighted by Gasteiger charge is 2.23. The number of rotatable bonds is 5. The molecule has 28 heavy (non-hydrogen) atoms. The summed E-state index contributed by atoms with van der Waals surface area (Å²) in [5, 5.41) is 3.40. The number of nitrogens with one attached hydrogen (secondary N) is 2. The number of para-hydroxylation sites is 2. The average Bonchev–Trinajstić information content (AvgIpc) is 3.14. The summed E-state index contributed by atoms with van der Waals surface area (Å²) in [6.07, 6.45) is 4.44. The van der Waals surface area contributed by atoms with Gasteiger partial charge in [-0.15, -0.1) is 0 Å². The molecule has 1 aliphatic carbocycles. The van der Waals surface area contributed by atoms with Gasteiger partial charge in [0.15, 0.2) is 11.6 Å². The van der Waals surface area contributed by atoms with Gasteiger partial charge in [0.25, 0.3) is 10.0 Å². The third kappa shape index (κ3) is 3.80. The molecule has 0 unspecified atom stereocenters. The lowest BCUT2D eigenvalue weighted by atomic mass is 10.2. The molecular formula is C21H24N4O2S. The van der Waals surface area contributed by atoms with Crippen molar-refractivity contribution in [3.05, 3.63) is 53.6 Å². The van der Waals surface area contributed by atoms with Crippen molar-refractivity contribution in [2.45, 2.75) is 50.5 Å². The van der Waals surface area contributed by atoms with Crippen LogP contribution in [0.5, 0.6) is 0 Å². The Morgan fingerprint density at radius 1 is 0.929 bits per heavy atom. The van der Waals surface area contributed by atoms with E-state index in [1.807, 2.05) is 37.3 Å². The first-order chi connectivity index (χ1) is 13.4. The first-order valence-electron chi connectivity index (χ1n) is 9.56. The summed E-state index contributed by atoms with van der Waals surface area (Å²) in [6.45, 7) is 3.74. The lowest BCUT2D eigenvalue weighted by Gasteiger charge is -2.18. The molecule has 1 aliphatic rings. The number of anilines is 2. The molecule has 2 N–H and O–H groups in total. The van der Waals surface area contributed by atoms with Crippen LogP contribution in [0.25, 0.3) is 11.0 Å². The number of hydrogen-bond acceptors (Lipinski definition) is 5. The summed E-state index contributed by atoms with van der Waals surface area (Å²) < 4.78 is 28.8. The van der Waals surface area contributed by atoms with Gasteiger partial charge in [-0.3, -0.25) is 4.72 Å². The van der Waals surface area contributed by atoms with Gasteiger partial charge in [-0.2, -0.15) is 0 Å². The molecule has 3 aromatic rings. The van der Waals surface area contributed by atoms with E-state index in [4.69, 9.17) is 0 Å². The number of fused-ring (bicyclic) bond motifs is 1. The van der Waals surface area contributed by atoms with Crippen molar-refractivity contribution in [1.29, 1.82) is 0 Å². The maximum atomic E-state index is 13.1.